The molecule has 0 saturated carbocycles. The van der Waals surface area contributed by atoms with Crippen molar-refractivity contribution in [3.05, 3.63) is 29.8 Å². The first kappa shape index (κ1) is 19.7. The number of carbonyl (C=O) groups is 3. The standard InChI is InChI=1S/C17H19F3N2O4/c1-11(23)12-2-4-14(5-3-12)21-15(24)13-6-8-22(9-7-13)16(25)26-10-17(18,19)20/h2-5,13H,6-10H2,1H3,(H,21,24). The number of ether oxygens (including phenoxy) is 1. The molecule has 1 saturated heterocycles. The third kappa shape index (κ3) is 5.75. The molecule has 0 aliphatic carbocycles. The summed E-state index contributed by atoms with van der Waals surface area (Å²) in [5.74, 6) is -0.661. The molecule has 0 atom stereocenters. The van der Waals surface area contributed by atoms with Gasteiger partial charge in [0.15, 0.2) is 12.4 Å². The van der Waals surface area contributed by atoms with Gasteiger partial charge in [-0.3, -0.25) is 9.59 Å². The Hall–Kier alpha value is -2.58. The molecule has 9 heteroatoms. The number of carbonyl (C=O) groups excluding carboxylic acids is 3. The molecule has 1 N–H and O–H groups in total. The minimum atomic E-state index is -4.56. The maximum absolute atomic E-state index is 12.3. The van der Waals surface area contributed by atoms with Crippen molar-refractivity contribution >= 4 is 23.5 Å². The lowest BCUT2D eigenvalue weighted by Gasteiger charge is -2.30. The highest BCUT2D eigenvalue weighted by atomic mass is 19.4. The molecule has 1 aromatic carbocycles. The number of likely N-dealkylation sites (tertiary alicyclic amines) is 1. The Labute approximate surface area is 148 Å². The molecular weight excluding hydrogens is 353 g/mol. The van der Waals surface area contributed by atoms with Gasteiger partial charge in [-0.25, -0.2) is 4.79 Å². The normalized spacial score (nSPS) is 15.5. The van der Waals surface area contributed by atoms with E-state index in [2.05, 4.69) is 10.1 Å². The molecule has 0 radical (unpaired) electrons. The van der Waals surface area contributed by atoms with E-state index in [1.165, 1.54) is 6.92 Å². The van der Waals surface area contributed by atoms with Gasteiger partial charge in [-0.15, -0.1) is 0 Å². The van der Waals surface area contributed by atoms with Gasteiger partial charge in [0.1, 0.15) is 0 Å². The van der Waals surface area contributed by atoms with Crippen molar-refractivity contribution in [2.75, 3.05) is 25.0 Å². The van der Waals surface area contributed by atoms with E-state index in [1.54, 1.807) is 24.3 Å². The van der Waals surface area contributed by atoms with Crippen LogP contribution in [0.1, 0.15) is 30.1 Å². The summed E-state index contributed by atoms with van der Waals surface area (Å²) in [6.45, 7) is 0.125. The monoisotopic (exact) mass is 372 g/mol. The molecule has 6 nitrogen and oxygen atoms in total. The van der Waals surface area contributed by atoms with E-state index in [-0.39, 0.29) is 30.7 Å². The summed E-state index contributed by atoms with van der Waals surface area (Å²) in [4.78, 5) is 36.2. The van der Waals surface area contributed by atoms with Gasteiger partial charge in [0.2, 0.25) is 5.91 Å². The molecular formula is C17H19F3N2O4. The Kier molecular flexibility index (Phi) is 6.23. The van der Waals surface area contributed by atoms with E-state index in [0.29, 0.717) is 24.1 Å². The topological polar surface area (TPSA) is 75.7 Å². The summed E-state index contributed by atoms with van der Waals surface area (Å²) < 4.78 is 40.4. The van der Waals surface area contributed by atoms with Crippen molar-refractivity contribution in [1.29, 1.82) is 0 Å². The average molecular weight is 372 g/mol. The van der Waals surface area contributed by atoms with Gasteiger partial charge in [-0.05, 0) is 44.0 Å². The second-order valence-electron chi connectivity index (χ2n) is 6.05. The Morgan fingerprint density at radius 1 is 1.15 bits per heavy atom. The van der Waals surface area contributed by atoms with E-state index in [1.807, 2.05) is 0 Å². The Morgan fingerprint density at radius 3 is 2.23 bits per heavy atom. The SMILES string of the molecule is CC(=O)c1ccc(NC(=O)C2CCN(C(=O)OCC(F)(F)F)CC2)cc1. The molecule has 1 aliphatic heterocycles. The summed E-state index contributed by atoms with van der Waals surface area (Å²) in [7, 11) is 0. The first-order valence-corrected chi connectivity index (χ1v) is 8.06. The number of hydrogen-bond donors (Lipinski definition) is 1. The zero-order valence-corrected chi connectivity index (χ0v) is 14.1. The van der Waals surface area contributed by atoms with Crippen LogP contribution < -0.4 is 5.32 Å². The van der Waals surface area contributed by atoms with Crippen LogP contribution in [0.3, 0.4) is 0 Å². The smallest absolute Gasteiger partial charge is 0.422 e. The molecule has 0 aromatic heterocycles. The molecule has 26 heavy (non-hydrogen) atoms. The van der Waals surface area contributed by atoms with Crippen LogP contribution >= 0.6 is 0 Å². The number of nitrogens with one attached hydrogen (secondary N) is 1. The lowest BCUT2D eigenvalue weighted by atomic mass is 9.96. The molecule has 142 valence electrons. The van der Waals surface area contributed by atoms with Gasteiger partial charge in [0, 0.05) is 30.3 Å². The Bertz CT molecular complexity index is 666. The number of amides is 2. The van der Waals surface area contributed by atoms with Crippen LogP contribution in [0.4, 0.5) is 23.7 Å². The largest absolute Gasteiger partial charge is 0.440 e. The fraction of sp³-hybridized carbons (Fsp3) is 0.471. The van der Waals surface area contributed by atoms with E-state index in [0.717, 1.165) is 4.90 Å². The first-order chi connectivity index (χ1) is 12.2. The fourth-order valence-corrected chi connectivity index (χ4v) is 2.59. The van der Waals surface area contributed by atoms with Gasteiger partial charge in [-0.2, -0.15) is 13.2 Å². The van der Waals surface area contributed by atoms with Crippen LogP contribution in [0.15, 0.2) is 24.3 Å². The number of hydrogen-bond acceptors (Lipinski definition) is 4. The van der Waals surface area contributed by atoms with Crippen molar-refractivity contribution in [1.82, 2.24) is 4.90 Å². The minimum Gasteiger partial charge on any atom is -0.440 e. The molecule has 1 fully saturated rings. The summed E-state index contributed by atoms with van der Waals surface area (Å²) in [5, 5.41) is 2.73. The number of halogens is 3. The van der Waals surface area contributed by atoms with E-state index in [4.69, 9.17) is 0 Å². The average Bonchev–Trinajstić information content (AvgIpc) is 2.59. The highest BCUT2D eigenvalue weighted by molar-refractivity contribution is 5.96. The van der Waals surface area contributed by atoms with E-state index < -0.39 is 18.9 Å². The summed E-state index contributed by atoms with van der Waals surface area (Å²) in [5.41, 5.74) is 1.08. The third-order valence-corrected chi connectivity index (χ3v) is 4.04. The zero-order valence-electron chi connectivity index (χ0n) is 14.1. The summed E-state index contributed by atoms with van der Waals surface area (Å²) in [6, 6.07) is 6.46. The van der Waals surface area contributed by atoms with Crippen LogP contribution in [0, 0.1) is 5.92 Å². The zero-order chi connectivity index (χ0) is 19.3. The number of ketones is 1. The predicted octanol–water partition coefficient (Wildman–Crippen LogP) is 3.24. The molecule has 2 amide bonds. The van der Waals surface area contributed by atoms with Gasteiger partial charge in [-0.1, -0.05) is 0 Å². The van der Waals surface area contributed by atoms with Crippen molar-refractivity contribution < 1.29 is 32.3 Å². The lowest BCUT2D eigenvalue weighted by molar-refractivity contribution is -0.162. The van der Waals surface area contributed by atoms with Crippen molar-refractivity contribution in [2.45, 2.75) is 25.9 Å². The van der Waals surface area contributed by atoms with Crippen LogP contribution in [0.2, 0.25) is 0 Å². The minimum absolute atomic E-state index is 0.0762. The maximum atomic E-state index is 12.3. The second-order valence-corrected chi connectivity index (χ2v) is 6.05. The van der Waals surface area contributed by atoms with Gasteiger partial charge in [0.05, 0.1) is 0 Å². The quantitative estimate of drug-likeness (QED) is 0.824. The first-order valence-electron chi connectivity index (χ1n) is 8.06. The predicted molar refractivity (Wildman–Crippen MR) is 86.8 cm³/mol. The molecule has 0 spiro atoms. The van der Waals surface area contributed by atoms with Gasteiger partial charge >= 0.3 is 12.3 Å². The number of nitrogens with zero attached hydrogens (tertiary/aromatic N) is 1. The second kappa shape index (κ2) is 8.20. The Balaban J connectivity index is 1.80. The summed E-state index contributed by atoms with van der Waals surface area (Å²) >= 11 is 0. The van der Waals surface area contributed by atoms with Crippen LogP contribution in [-0.4, -0.2) is 48.6 Å². The fourth-order valence-electron chi connectivity index (χ4n) is 2.59. The third-order valence-electron chi connectivity index (χ3n) is 4.04. The van der Waals surface area contributed by atoms with E-state index in [9.17, 15) is 27.6 Å². The van der Waals surface area contributed by atoms with Crippen molar-refractivity contribution in [3.63, 3.8) is 0 Å². The van der Waals surface area contributed by atoms with E-state index >= 15 is 0 Å². The number of benzene rings is 1. The Morgan fingerprint density at radius 2 is 1.73 bits per heavy atom. The lowest BCUT2D eigenvalue weighted by Crippen LogP contribution is -2.42. The van der Waals surface area contributed by atoms with Crippen LogP contribution in [0.25, 0.3) is 0 Å². The molecule has 0 unspecified atom stereocenters. The van der Waals surface area contributed by atoms with Crippen LogP contribution in [-0.2, 0) is 9.53 Å². The molecule has 1 heterocycles. The molecule has 0 bridgehead atoms. The highest BCUT2D eigenvalue weighted by Crippen LogP contribution is 2.21. The summed E-state index contributed by atoms with van der Waals surface area (Å²) in [6.07, 6.45) is -4.93. The number of alkyl halides is 3. The highest BCUT2D eigenvalue weighted by Gasteiger charge is 2.32. The van der Waals surface area contributed by atoms with Crippen molar-refractivity contribution in [2.24, 2.45) is 5.92 Å². The number of piperidine rings is 1. The molecule has 2 rings (SSSR count). The van der Waals surface area contributed by atoms with Crippen LogP contribution in [0.5, 0.6) is 0 Å². The van der Waals surface area contributed by atoms with Crippen molar-refractivity contribution in [3.8, 4) is 0 Å². The number of Topliss-reactive ketones (excluding diaryl/α,β-unsaturated/α-hetero) is 1. The number of rotatable bonds is 4. The molecule has 1 aromatic rings. The molecule has 1 aliphatic rings. The van der Waals surface area contributed by atoms with Gasteiger partial charge < -0.3 is 15.0 Å². The maximum Gasteiger partial charge on any atom is 0.422 e. The van der Waals surface area contributed by atoms with Gasteiger partial charge in [0.25, 0.3) is 0 Å². The number of anilines is 1.